The van der Waals surface area contributed by atoms with Crippen LogP contribution in [0.4, 0.5) is 22.0 Å². The van der Waals surface area contributed by atoms with Crippen LogP contribution in [0.5, 0.6) is 0 Å². The molecule has 1 saturated carbocycles. The lowest BCUT2D eigenvalue weighted by Gasteiger charge is -2.30. The number of rotatable bonds is 6. The number of benzene rings is 1. The lowest BCUT2D eigenvalue weighted by Crippen LogP contribution is -2.50. The van der Waals surface area contributed by atoms with E-state index in [1.165, 1.54) is 11.1 Å². The first kappa shape index (κ1) is 25.1. The summed E-state index contributed by atoms with van der Waals surface area (Å²) in [5, 5.41) is 2.71. The molecule has 2 aromatic rings. The Labute approximate surface area is 199 Å². The van der Waals surface area contributed by atoms with Crippen molar-refractivity contribution >= 4 is 11.8 Å². The SMILES string of the molecule is CC[C@@H]1CC[C@H](C(=O)NC(c2cc(F)c(C(F)(F)F)cc2F)C2CC2)N1C(=O)c1cc(C)ccn1. The van der Waals surface area contributed by atoms with Gasteiger partial charge in [-0.3, -0.25) is 14.6 Å². The molecule has 1 aromatic heterocycles. The highest BCUT2D eigenvalue weighted by molar-refractivity contribution is 5.97. The molecule has 1 aromatic carbocycles. The molecule has 35 heavy (non-hydrogen) atoms. The van der Waals surface area contributed by atoms with Gasteiger partial charge in [-0.25, -0.2) is 8.78 Å². The third-order valence-electron chi connectivity index (χ3n) is 6.76. The molecule has 1 N–H and O–H groups in total. The molecule has 2 aliphatic rings. The van der Waals surface area contributed by atoms with Crippen LogP contribution in [0.15, 0.2) is 30.5 Å². The molecule has 0 spiro atoms. The van der Waals surface area contributed by atoms with Crippen LogP contribution in [0.1, 0.15) is 72.2 Å². The first-order valence-electron chi connectivity index (χ1n) is 11.6. The van der Waals surface area contributed by atoms with Gasteiger partial charge < -0.3 is 10.2 Å². The third kappa shape index (κ3) is 5.16. The van der Waals surface area contributed by atoms with Gasteiger partial charge in [0.2, 0.25) is 5.91 Å². The number of pyridine rings is 1. The van der Waals surface area contributed by atoms with Gasteiger partial charge in [-0.1, -0.05) is 6.92 Å². The molecule has 2 heterocycles. The van der Waals surface area contributed by atoms with Crippen LogP contribution in [0.2, 0.25) is 0 Å². The second-order valence-electron chi connectivity index (χ2n) is 9.26. The second-order valence-corrected chi connectivity index (χ2v) is 9.26. The Balaban J connectivity index is 1.60. The number of nitrogens with one attached hydrogen (secondary N) is 1. The van der Waals surface area contributed by atoms with Gasteiger partial charge in [0.05, 0.1) is 11.6 Å². The van der Waals surface area contributed by atoms with Crippen molar-refractivity contribution in [1.82, 2.24) is 15.2 Å². The normalized spacial score (nSPS) is 21.2. The summed E-state index contributed by atoms with van der Waals surface area (Å²) in [5.41, 5.74) is -0.971. The van der Waals surface area contributed by atoms with E-state index in [1.54, 1.807) is 12.1 Å². The summed E-state index contributed by atoms with van der Waals surface area (Å²) in [6.45, 7) is 3.73. The molecule has 10 heteroatoms. The summed E-state index contributed by atoms with van der Waals surface area (Å²) >= 11 is 0. The summed E-state index contributed by atoms with van der Waals surface area (Å²) in [6, 6.07) is 2.00. The Bertz CT molecular complexity index is 1130. The number of carbonyl (C=O) groups is 2. The monoisotopic (exact) mass is 495 g/mol. The fraction of sp³-hybridized carbons (Fsp3) is 0.480. The third-order valence-corrected chi connectivity index (χ3v) is 6.76. The highest BCUT2D eigenvalue weighted by Gasteiger charge is 2.44. The van der Waals surface area contributed by atoms with Crippen molar-refractivity contribution in [3.63, 3.8) is 0 Å². The Hall–Kier alpha value is -3.04. The van der Waals surface area contributed by atoms with Crippen LogP contribution in [0.25, 0.3) is 0 Å². The number of halogens is 5. The Morgan fingerprint density at radius 2 is 1.83 bits per heavy atom. The van der Waals surface area contributed by atoms with E-state index in [0.717, 1.165) is 5.56 Å². The van der Waals surface area contributed by atoms with E-state index in [2.05, 4.69) is 10.3 Å². The molecule has 5 nitrogen and oxygen atoms in total. The Kier molecular flexibility index (Phi) is 6.83. The molecule has 4 rings (SSSR count). The summed E-state index contributed by atoms with van der Waals surface area (Å²) in [6.07, 6.45) is -0.708. The smallest absolute Gasteiger partial charge is 0.347 e. The number of likely N-dealkylation sites (tertiary alicyclic amines) is 1. The maximum Gasteiger partial charge on any atom is 0.419 e. The van der Waals surface area contributed by atoms with Crippen molar-refractivity contribution in [3.8, 4) is 0 Å². The molecule has 1 unspecified atom stereocenters. The van der Waals surface area contributed by atoms with Gasteiger partial charge in [-0.05, 0) is 74.8 Å². The van der Waals surface area contributed by atoms with Gasteiger partial charge in [0, 0.05) is 17.8 Å². The lowest BCUT2D eigenvalue weighted by molar-refractivity contribution is -0.140. The number of hydrogen-bond acceptors (Lipinski definition) is 3. The number of nitrogens with zero attached hydrogens (tertiary/aromatic N) is 2. The van der Waals surface area contributed by atoms with Crippen molar-refractivity contribution in [3.05, 3.63) is 64.5 Å². The van der Waals surface area contributed by atoms with Crippen molar-refractivity contribution in [1.29, 1.82) is 0 Å². The molecule has 1 aliphatic carbocycles. The van der Waals surface area contributed by atoms with Crippen LogP contribution >= 0.6 is 0 Å². The highest BCUT2D eigenvalue weighted by Crippen LogP contribution is 2.43. The van der Waals surface area contributed by atoms with E-state index < -0.39 is 47.3 Å². The zero-order valence-corrected chi connectivity index (χ0v) is 19.3. The van der Waals surface area contributed by atoms with Gasteiger partial charge in [-0.2, -0.15) is 13.2 Å². The molecule has 0 bridgehead atoms. The fourth-order valence-electron chi connectivity index (χ4n) is 4.78. The Morgan fingerprint density at radius 3 is 2.43 bits per heavy atom. The summed E-state index contributed by atoms with van der Waals surface area (Å²) in [4.78, 5) is 32.2. The average Bonchev–Trinajstić information content (AvgIpc) is 3.55. The maximum absolute atomic E-state index is 14.7. The van der Waals surface area contributed by atoms with Gasteiger partial charge in [0.25, 0.3) is 5.91 Å². The van der Waals surface area contributed by atoms with Crippen molar-refractivity contribution in [2.24, 2.45) is 5.92 Å². The summed E-state index contributed by atoms with van der Waals surface area (Å²) < 4.78 is 67.9. The summed E-state index contributed by atoms with van der Waals surface area (Å²) in [7, 11) is 0. The minimum Gasteiger partial charge on any atom is -0.347 e. The van der Waals surface area contributed by atoms with E-state index >= 15 is 0 Å². The van der Waals surface area contributed by atoms with Crippen LogP contribution < -0.4 is 5.32 Å². The van der Waals surface area contributed by atoms with Crippen LogP contribution in [-0.2, 0) is 11.0 Å². The zero-order chi connectivity index (χ0) is 25.5. The van der Waals surface area contributed by atoms with E-state index in [9.17, 15) is 31.5 Å². The standard InChI is InChI=1S/C25H26F5N3O2/c1-3-15-6-7-21(33(15)24(35)20-10-13(2)8-9-31-20)23(34)32-22(14-4-5-14)16-11-19(27)17(12-18(16)26)25(28,29)30/h8-12,14-15,21-22H,3-7H2,1-2H3,(H,32,34)/t15-,21-,22?/m1/s1. The van der Waals surface area contributed by atoms with Crippen molar-refractivity contribution < 1.29 is 31.5 Å². The quantitative estimate of drug-likeness (QED) is 0.551. The lowest BCUT2D eigenvalue weighted by atomic mass is 9.98. The molecule has 1 aliphatic heterocycles. The van der Waals surface area contributed by atoms with E-state index in [0.29, 0.717) is 38.2 Å². The largest absolute Gasteiger partial charge is 0.419 e. The van der Waals surface area contributed by atoms with Gasteiger partial charge in [0.1, 0.15) is 23.4 Å². The first-order valence-corrected chi connectivity index (χ1v) is 11.6. The minimum atomic E-state index is -5.04. The topological polar surface area (TPSA) is 62.3 Å². The Morgan fingerprint density at radius 1 is 1.11 bits per heavy atom. The van der Waals surface area contributed by atoms with E-state index in [1.807, 2.05) is 13.8 Å². The first-order chi connectivity index (χ1) is 16.5. The van der Waals surface area contributed by atoms with Crippen LogP contribution in [-0.4, -0.2) is 33.8 Å². The predicted molar refractivity (Wildman–Crippen MR) is 117 cm³/mol. The minimum absolute atomic E-state index is 0.133. The number of hydrogen-bond donors (Lipinski definition) is 1. The van der Waals surface area contributed by atoms with Crippen molar-refractivity contribution in [2.45, 2.75) is 70.3 Å². The molecule has 0 radical (unpaired) electrons. The molecule has 2 fully saturated rings. The number of aryl methyl sites for hydroxylation is 1. The number of alkyl halides is 3. The van der Waals surface area contributed by atoms with E-state index in [-0.39, 0.29) is 29.3 Å². The highest BCUT2D eigenvalue weighted by atomic mass is 19.4. The van der Waals surface area contributed by atoms with Crippen LogP contribution in [0.3, 0.4) is 0 Å². The van der Waals surface area contributed by atoms with Gasteiger partial charge in [0.15, 0.2) is 0 Å². The van der Waals surface area contributed by atoms with Gasteiger partial charge in [-0.15, -0.1) is 0 Å². The number of carbonyl (C=O) groups excluding carboxylic acids is 2. The molecule has 1 saturated heterocycles. The average molecular weight is 495 g/mol. The molecule has 188 valence electrons. The van der Waals surface area contributed by atoms with Gasteiger partial charge >= 0.3 is 6.18 Å². The number of amides is 2. The van der Waals surface area contributed by atoms with E-state index in [4.69, 9.17) is 0 Å². The van der Waals surface area contributed by atoms with Crippen LogP contribution in [0, 0.1) is 24.5 Å². The molecule has 2 amide bonds. The predicted octanol–water partition coefficient (Wildman–Crippen LogP) is 5.34. The maximum atomic E-state index is 14.7. The zero-order valence-electron chi connectivity index (χ0n) is 19.3. The molecular weight excluding hydrogens is 469 g/mol. The number of aromatic nitrogens is 1. The molecule has 3 atom stereocenters. The van der Waals surface area contributed by atoms with Crippen molar-refractivity contribution in [2.75, 3.05) is 0 Å². The molecular formula is C25H26F5N3O2. The summed E-state index contributed by atoms with van der Waals surface area (Å²) in [5.74, 6) is -3.99. The fourth-order valence-corrected chi connectivity index (χ4v) is 4.78. The second kappa shape index (κ2) is 9.54.